The molecule has 0 saturated carbocycles. The predicted molar refractivity (Wildman–Crippen MR) is 125 cm³/mol. The Morgan fingerprint density at radius 1 is 1.09 bits per heavy atom. The van der Waals surface area contributed by atoms with Gasteiger partial charge in [-0.05, 0) is 48.9 Å². The Labute approximate surface area is 189 Å². The Hall–Kier alpha value is -2.64. The molecule has 0 spiro atoms. The topological polar surface area (TPSA) is 70.8 Å². The first-order valence-electron chi connectivity index (χ1n) is 11.0. The number of piperidine rings is 1. The molecule has 1 aliphatic heterocycles. The molecule has 0 N–H and O–H groups in total. The van der Waals surface area contributed by atoms with E-state index in [-0.39, 0.29) is 16.6 Å². The van der Waals surface area contributed by atoms with Crippen molar-refractivity contribution in [2.45, 2.75) is 38.6 Å². The molecule has 1 aromatic heterocycles. The standard InChI is InChI=1S/C25H30N2O4S/c1-17-12-18(2)15-27(14-17)32(29,30)21-10-11-23-22(13-21)19(3)24(31-23)25(28)26(4)16-20-8-6-5-7-9-20/h5-11,13,17-18H,12,14-16H2,1-4H3/t17-,18-/m0/s1. The molecule has 3 aromatic rings. The molecular formula is C25H30N2O4S. The SMILES string of the molecule is Cc1c(C(=O)N(C)Cc2ccccc2)oc2ccc(S(=O)(=O)N3C[C@@H](C)C[C@H](C)C3)cc12. The molecule has 1 saturated heterocycles. The number of benzene rings is 2. The van der Waals surface area contributed by atoms with Crippen molar-refractivity contribution in [1.29, 1.82) is 0 Å². The largest absolute Gasteiger partial charge is 0.451 e. The molecule has 0 aliphatic carbocycles. The number of amides is 1. The van der Waals surface area contributed by atoms with Crippen molar-refractivity contribution < 1.29 is 17.6 Å². The first-order chi connectivity index (χ1) is 15.2. The van der Waals surface area contributed by atoms with Gasteiger partial charge in [0.25, 0.3) is 5.91 Å². The van der Waals surface area contributed by atoms with Gasteiger partial charge in [0.05, 0.1) is 4.90 Å². The van der Waals surface area contributed by atoms with E-state index in [0.29, 0.717) is 48.0 Å². The van der Waals surface area contributed by atoms with E-state index >= 15 is 0 Å². The number of carbonyl (C=O) groups is 1. The quantitative estimate of drug-likeness (QED) is 0.561. The first kappa shape index (κ1) is 22.6. The lowest BCUT2D eigenvalue weighted by Gasteiger charge is -2.34. The third-order valence-corrected chi connectivity index (χ3v) is 8.01. The van der Waals surface area contributed by atoms with Gasteiger partial charge in [0.1, 0.15) is 5.58 Å². The maximum atomic E-state index is 13.3. The lowest BCUT2D eigenvalue weighted by molar-refractivity contribution is 0.0755. The molecule has 7 heteroatoms. The van der Waals surface area contributed by atoms with Crippen molar-refractivity contribution in [2.75, 3.05) is 20.1 Å². The van der Waals surface area contributed by atoms with Crippen LogP contribution in [0.15, 0.2) is 57.8 Å². The maximum Gasteiger partial charge on any atom is 0.289 e. The molecule has 2 atom stereocenters. The molecule has 0 bridgehead atoms. The fourth-order valence-electron chi connectivity index (χ4n) is 4.62. The van der Waals surface area contributed by atoms with Crippen molar-refractivity contribution in [3.05, 3.63) is 65.4 Å². The Morgan fingerprint density at radius 3 is 2.41 bits per heavy atom. The van der Waals surface area contributed by atoms with Gasteiger partial charge in [0, 0.05) is 37.6 Å². The fraction of sp³-hybridized carbons (Fsp3) is 0.400. The predicted octanol–water partition coefficient (Wildman–Crippen LogP) is 4.68. The zero-order chi connectivity index (χ0) is 23.0. The zero-order valence-electron chi connectivity index (χ0n) is 19.0. The summed E-state index contributed by atoms with van der Waals surface area (Å²) in [5, 5.41) is 0.653. The molecule has 170 valence electrons. The summed E-state index contributed by atoms with van der Waals surface area (Å²) in [4.78, 5) is 14.9. The lowest BCUT2D eigenvalue weighted by atomic mass is 9.94. The molecule has 4 rings (SSSR count). The average Bonchev–Trinajstić information content (AvgIpc) is 3.09. The van der Waals surface area contributed by atoms with Gasteiger partial charge in [-0.1, -0.05) is 44.2 Å². The first-order valence-corrected chi connectivity index (χ1v) is 12.4. The highest BCUT2D eigenvalue weighted by Gasteiger charge is 2.32. The number of aryl methyl sites for hydroxylation is 1. The summed E-state index contributed by atoms with van der Waals surface area (Å²) in [6.45, 7) is 7.50. The lowest BCUT2D eigenvalue weighted by Crippen LogP contribution is -2.42. The Morgan fingerprint density at radius 2 is 1.75 bits per heavy atom. The molecule has 2 aromatic carbocycles. The van der Waals surface area contributed by atoms with Gasteiger partial charge < -0.3 is 9.32 Å². The second-order valence-corrected chi connectivity index (χ2v) is 11.1. The summed E-state index contributed by atoms with van der Waals surface area (Å²) in [6.07, 6.45) is 1.04. The maximum absolute atomic E-state index is 13.3. The Balaban J connectivity index is 1.63. The van der Waals surface area contributed by atoms with Gasteiger partial charge in [-0.25, -0.2) is 8.42 Å². The Kier molecular flexibility index (Phi) is 6.14. The van der Waals surface area contributed by atoms with Crippen LogP contribution in [0.4, 0.5) is 0 Å². The van der Waals surface area contributed by atoms with Gasteiger partial charge in [0.2, 0.25) is 10.0 Å². The van der Waals surface area contributed by atoms with Crippen LogP contribution in [0.3, 0.4) is 0 Å². The van der Waals surface area contributed by atoms with Crippen LogP contribution in [0, 0.1) is 18.8 Å². The summed E-state index contributed by atoms with van der Waals surface area (Å²) in [5.74, 6) is 0.674. The van der Waals surface area contributed by atoms with Crippen LogP contribution >= 0.6 is 0 Å². The van der Waals surface area contributed by atoms with Crippen LogP contribution in [0.2, 0.25) is 0 Å². The second kappa shape index (κ2) is 8.71. The van der Waals surface area contributed by atoms with Crippen LogP contribution in [0.25, 0.3) is 11.0 Å². The minimum Gasteiger partial charge on any atom is -0.451 e. The van der Waals surface area contributed by atoms with Crippen LogP contribution in [-0.2, 0) is 16.6 Å². The number of hydrogen-bond acceptors (Lipinski definition) is 4. The summed E-state index contributed by atoms with van der Waals surface area (Å²) in [6, 6.07) is 14.6. The highest BCUT2D eigenvalue weighted by Crippen LogP contribution is 2.31. The van der Waals surface area contributed by atoms with Gasteiger partial charge in [-0.2, -0.15) is 4.31 Å². The zero-order valence-corrected chi connectivity index (χ0v) is 19.9. The monoisotopic (exact) mass is 454 g/mol. The number of hydrogen-bond donors (Lipinski definition) is 0. The third-order valence-electron chi connectivity index (χ3n) is 6.18. The summed E-state index contributed by atoms with van der Waals surface area (Å²) in [7, 11) is -1.88. The van der Waals surface area contributed by atoms with Crippen LogP contribution in [0.1, 0.15) is 41.9 Å². The number of nitrogens with zero attached hydrogens (tertiary/aromatic N) is 2. The van der Waals surface area contributed by atoms with Crippen molar-refractivity contribution in [2.24, 2.45) is 11.8 Å². The van der Waals surface area contributed by atoms with Crippen LogP contribution in [0.5, 0.6) is 0 Å². The number of sulfonamides is 1. The van der Waals surface area contributed by atoms with Crippen LogP contribution < -0.4 is 0 Å². The van der Waals surface area contributed by atoms with Gasteiger partial charge in [-0.3, -0.25) is 4.79 Å². The summed E-state index contributed by atoms with van der Waals surface area (Å²) < 4.78 is 34.1. The molecule has 2 heterocycles. The van der Waals surface area contributed by atoms with E-state index in [4.69, 9.17) is 4.42 Å². The average molecular weight is 455 g/mol. The molecule has 32 heavy (non-hydrogen) atoms. The molecule has 0 radical (unpaired) electrons. The highest BCUT2D eigenvalue weighted by molar-refractivity contribution is 7.89. The van der Waals surface area contributed by atoms with E-state index in [9.17, 15) is 13.2 Å². The van der Waals surface area contributed by atoms with E-state index in [0.717, 1.165) is 12.0 Å². The Bertz CT molecular complexity index is 1220. The van der Waals surface area contributed by atoms with Gasteiger partial charge in [-0.15, -0.1) is 0 Å². The second-order valence-electron chi connectivity index (χ2n) is 9.13. The highest BCUT2D eigenvalue weighted by atomic mass is 32.2. The molecule has 0 unspecified atom stereocenters. The molecule has 1 fully saturated rings. The van der Waals surface area contributed by atoms with Crippen molar-refractivity contribution in [3.63, 3.8) is 0 Å². The smallest absolute Gasteiger partial charge is 0.289 e. The van der Waals surface area contributed by atoms with Crippen molar-refractivity contribution in [3.8, 4) is 0 Å². The number of furan rings is 1. The van der Waals surface area contributed by atoms with Crippen molar-refractivity contribution >= 4 is 26.9 Å². The number of carbonyl (C=O) groups excluding carboxylic acids is 1. The number of fused-ring (bicyclic) bond motifs is 1. The van der Waals surface area contributed by atoms with Crippen molar-refractivity contribution in [1.82, 2.24) is 9.21 Å². The van der Waals surface area contributed by atoms with Gasteiger partial charge >= 0.3 is 0 Å². The number of rotatable bonds is 5. The summed E-state index contributed by atoms with van der Waals surface area (Å²) in [5.41, 5.74) is 2.19. The fourth-order valence-corrected chi connectivity index (χ4v) is 6.32. The van der Waals surface area contributed by atoms with E-state index in [1.54, 1.807) is 41.4 Å². The summed E-state index contributed by atoms with van der Waals surface area (Å²) >= 11 is 0. The van der Waals surface area contributed by atoms with E-state index in [1.165, 1.54) is 0 Å². The molecular weight excluding hydrogens is 424 g/mol. The molecule has 1 amide bonds. The van der Waals surface area contributed by atoms with Crippen LogP contribution in [-0.4, -0.2) is 43.7 Å². The van der Waals surface area contributed by atoms with Gasteiger partial charge in [0.15, 0.2) is 5.76 Å². The molecule has 1 aliphatic rings. The minimum atomic E-state index is -3.61. The van der Waals surface area contributed by atoms with E-state index in [2.05, 4.69) is 13.8 Å². The van der Waals surface area contributed by atoms with E-state index in [1.807, 2.05) is 30.3 Å². The van der Waals surface area contributed by atoms with E-state index < -0.39 is 10.0 Å². The minimum absolute atomic E-state index is 0.231. The normalized spacial score (nSPS) is 19.9. The third kappa shape index (κ3) is 4.32. The molecule has 6 nitrogen and oxygen atoms in total.